The third kappa shape index (κ3) is 5.52. The summed E-state index contributed by atoms with van der Waals surface area (Å²) in [5.74, 6) is -3.34. The number of rotatable bonds is 5. The van der Waals surface area contributed by atoms with Crippen molar-refractivity contribution in [2.45, 2.75) is 18.6 Å². The Hall–Kier alpha value is -2.56. The zero-order valence-corrected chi connectivity index (χ0v) is 10.7. The van der Waals surface area contributed by atoms with Gasteiger partial charge in [0.05, 0.1) is 0 Å². The van der Waals surface area contributed by atoms with Crippen molar-refractivity contribution in [2.24, 2.45) is 0 Å². The van der Waals surface area contributed by atoms with E-state index in [1.165, 1.54) is 6.07 Å². The number of benzene rings is 1. The van der Waals surface area contributed by atoms with Crippen LogP contribution in [0, 0.1) is 11.3 Å². The molecule has 112 valence electrons. The van der Waals surface area contributed by atoms with Crippen LogP contribution < -0.4 is 5.32 Å². The van der Waals surface area contributed by atoms with Gasteiger partial charge < -0.3 is 10.1 Å². The number of halogens is 3. The first-order valence-electron chi connectivity index (χ1n) is 5.79. The van der Waals surface area contributed by atoms with Crippen molar-refractivity contribution in [2.75, 3.05) is 6.61 Å². The number of nitrogens with zero attached hydrogens (tertiary/aromatic N) is 1. The minimum absolute atomic E-state index is 0.174. The Morgan fingerprint density at radius 1 is 1.29 bits per heavy atom. The largest absolute Gasteiger partial charge is 0.471 e. The molecule has 0 aromatic heterocycles. The summed E-state index contributed by atoms with van der Waals surface area (Å²) in [6, 6.07) is 8.15. The molecule has 1 unspecified atom stereocenters. The van der Waals surface area contributed by atoms with E-state index in [9.17, 15) is 22.8 Å². The number of esters is 1. The van der Waals surface area contributed by atoms with Crippen molar-refractivity contribution in [1.82, 2.24) is 5.32 Å². The Kier molecular flexibility index (Phi) is 5.72. The number of amides is 1. The maximum atomic E-state index is 12.2. The molecule has 1 rings (SSSR count). The average molecular weight is 300 g/mol. The quantitative estimate of drug-likeness (QED) is 0.832. The van der Waals surface area contributed by atoms with Crippen LogP contribution in [0.15, 0.2) is 30.3 Å². The molecule has 1 aromatic carbocycles. The van der Waals surface area contributed by atoms with Gasteiger partial charge in [0.25, 0.3) is 0 Å². The predicted molar refractivity (Wildman–Crippen MR) is 64.7 cm³/mol. The number of ether oxygens (including phenoxy) is 1. The molecule has 1 aromatic rings. The van der Waals surface area contributed by atoms with Gasteiger partial charge in [0, 0.05) is 6.42 Å². The Morgan fingerprint density at radius 3 is 2.43 bits per heavy atom. The summed E-state index contributed by atoms with van der Waals surface area (Å²) in [6.07, 6.45) is -5.28. The molecule has 0 aliphatic heterocycles. The molecule has 0 fully saturated rings. The fraction of sp³-hybridized carbons (Fsp3) is 0.308. The lowest BCUT2D eigenvalue weighted by atomic mass is 10.1. The third-order valence-corrected chi connectivity index (χ3v) is 2.41. The first-order valence-corrected chi connectivity index (χ1v) is 5.79. The SMILES string of the molecule is N#CCOC(=O)C(Cc1ccccc1)NC(=O)C(F)(F)F. The van der Waals surface area contributed by atoms with Gasteiger partial charge in [-0.05, 0) is 5.56 Å². The number of alkyl halides is 3. The number of hydrogen-bond acceptors (Lipinski definition) is 4. The average Bonchev–Trinajstić information content (AvgIpc) is 2.44. The van der Waals surface area contributed by atoms with Crippen molar-refractivity contribution in [3.05, 3.63) is 35.9 Å². The number of nitrogens with one attached hydrogen (secondary N) is 1. The molecule has 8 heteroatoms. The van der Waals surface area contributed by atoms with E-state index in [0.29, 0.717) is 5.56 Å². The van der Waals surface area contributed by atoms with Gasteiger partial charge in [-0.2, -0.15) is 18.4 Å². The van der Waals surface area contributed by atoms with E-state index in [1.807, 2.05) is 0 Å². The summed E-state index contributed by atoms with van der Waals surface area (Å²) in [5, 5.41) is 9.87. The van der Waals surface area contributed by atoms with Gasteiger partial charge in [0.1, 0.15) is 12.1 Å². The van der Waals surface area contributed by atoms with Crippen LogP contribution in [0.3, 0.4) is 0 Å². The lowest BCUT2D eigenvalue weighted by Gasteiger charge is -2.17. The lowest BCUT2D eigenvalue weighted by molar-refractivity contribution is -0.175. The van der Waals surface area contributed by atoms with Crippen molar-refractivity contribution in [3.8, 4) is 6.07 Å². The van der Waals surface area contributed by atoms with Gasteiger partial charge in [-0.3, -0.25) is 4.79 Å². The second-order valence-electron chi connectivity index (χ2n) is 3.98. The van der Waals surface area contributed by atoms with Crippen LogP contribution in [0.2, 0.25) is 0 Å². The molecule has 0 spiro atoms. The summed E-state index contributed by atoms with van der Waals surface area (Å²) >= 11 is 0. The Labute approximate surface area is 118 Å². The molecule has 0 bridgehead atoms. The van der Waals surface area contributed by atoms with Gasteiger partial charge >= 0.3 is 18.1 Å². The van der Waals surface area contributed by atoms with Gasteiger partial charge in [0.2, 0.25) is 0 Å². The standard InChI is InChI=1S/C13H11F3N2O3/c14-13(15,16)12(20)18-10(11(19)21-7-6-17)8-9-4-2-1-3-5-9/h1-5,10H,7-8H2,(H,18,20). The highest BCUT2D eigenvalue weighted by Gasteiger charge is 2.41. The highest BCUT2D eigenvalue weighted by molar-refractivity contribution is 5.87. The molecular weight excluding hydrogens is 289 g/mol. The summed E-state index contributed by atoms with van der Waals surface area (Å²) in [5.41, 5.74) is 0.541. The van der Waals surface area contributed by atoms with Gasteiger partial charge in [-0.25, -0.2) is 4.79 Å². The molecule has 1 amide bonds. The second-order valence-corrected chi connectivity index (χ2v) is 3.98. The predicted octanol–water partition coefficient (Wildman–Crippen LogP) is 1.34. The number of nitriles is 1. The topological polar surface area (TPSA) is 79.2 Å². The fourth-order valence-corrected chi connectivity index (χ4v) is 1.49. The summed E-state index contributed by atoms with van der Waals surface area (Å²) in [4.78, 5) is 22.5. The van der Waals surface area contributed by atoms with Gasteiger partial charge in [0.15, 0.2) is 6.61 Å². The number of carbonyl (C=O) groups excluding carboxylic acids is 2. The zero-order valence-electron chi connectivity index (χ0n) is 10.7. The maximum absolute atomic E-state index is 12.2. The molecule has 0 aliphatic rings. The molecule has 0 saturated carbocycles. The normalized spacial score (nSPS) is 12.1. The highest BCUT2D eigenvalue weighted by Crippen LogP contribution is 2.15. The molecule has 1 N–H and O–H groups in total. The molecule has 0 radical (unpaired) electrons. The Balaban J connectivity index is 2.82. The van der Waals surface area contributed by atoms with Crippen molar-refractivity contribution >= 4 is 11.9 Å². The van der Waals surface area contributed by atoms with Gasteiger partial charge in [-0.1, -0.05) is 30.3 Å². The van der Waals surface area contributed by atoms with E-state index in [0.717, 1.165) is 0 Å². The molecule has 5 nitrogen and oxygen atoms in total. The van der Waals surface area contributed by atoms with Crippen molar-refractivity contribution in [1.29, 1.82) is 5.26 Å². The van der Waals surface area contributed by atoms with Crippen LogP contribution in [0.5, 0.6) is 0 Å². The van der Waals surface area contributed by atoms with Gasteiger partial charge in [-0.15, -0.1) is 0 Å². The van der Waals surface area contributed by atoms with E-state index in [4.69, 9.17) is 5.26 Å². The van der Waals surface area contributed by atoms with Crippen LogP contribution in [0.25, 0.3) is 0 Å². The Bertz CT molecular complexity index is 538. The highest BCUT2D eigenvalue weighted by atomic mass is 19.4. The van der Waals surface area contributed by atoms with E-state index in [-0.39, 0.29) is 6.42 Å². The molecule has 0 aliphatic carbocycles. The molecule has 0 saturated heterocycles. The monoisotopic (exact) mass is 300 g/mol. The van der Waals surface area contributed by atoms with Crippen molar-refractivity contribution in [3.63, 3.8) is 0 Å². The minimum atomic E-state index is -5.11. The first-order chi connectivity index (χ1) is 9.84. The summed E-state index contributed by atoms with van der Waals surface area (Å²) in [6.45, 7) is -0.605. The van der Waals surface area contributed by atoms with Crippen LogP contribution in [-0.4, -0.2) is 30.7 Å². The third-order valence-electron chi connectivity index (χ3n) is 2.41. The van der Waals surface area contributed by atoms with E-state index in [2.05, 4.69) is 4.74 Å². The Morgan fingerprint density at radius 2 is 1.90 bits per heavy atom. The van der Waals surface area contributed by atoms with Crippen LogP contribution in [-0.2, 0) is 20.7 Å². The number of carbonyl (C=O) groups is 2. The van der Waals surface area contributed by atoms with E-state index < -0.39 is 30.7 Å². The molecular formula is C13H11F3N2O3. The van der Waals surface area contributed by atoms with Crippen molar-refractivity contribution < 1.29 is 27.5 Å². The first kappa shape index (κ1) is 16.5. The maximum Gasteiger partial charge on any atom is 0.471 e. The van der Waals surface area contributed by atoms with E-state index in [1.54, 1.807) is 35.6 Å². The zero-order chi connectivity index (χ0) is 15.9. The summed E-state index contributed by atoms with van der Waals surface area (Å²) < 4.78 is 41.2. The molecule has 0 heterocycles. The summed E-state index contributed by atoms with van der Waals surface area (Å²) in [7, 11) is 0. The number of hydrogen-bond donors (Lipinski definition) is 1. The smallest absolute Gasteiger partial charge is 0.449 e. The van der Waals surface area contributed by atoms with Crippen LogP contribution in [0.4, 0.5) is 13.2 Å². The molecule has 1 atom stereocenters. The fourth-order valence-electron chi connectivity index (χ4n) is 1.49. The van der Waals surface area contributed by atoms with Crippen LogP contribution >= 0.6 is 0 Å². The molecule has 21 heavy (non-hydrogen) atoms. The van der Waals surface area contributed by atoms with E-state index >= 15 is 0 Å². The second kappa shape index (κ2) is 7.28. The minimum Gasteiger partial charge on any atom is -0.449 e. The van der Waals surface area contributed by atoms with Crippen LogP contribution in [0.1, 0.15) is 5.56 Å². The lowest BCUT2D eigenvalue weighted by Crippen LogP contribution is -2.48.